The van der Waals surface area contributed by atoms with Gasteiger partial charge in [-0.3, -0.25) is 9.78 Å². The number of aromatic carboxylic acids is 1. The molecule has 1 saturated heterocycles. The molecule has 0 bridgehead atoms. The summed E-state index contributed by atoms with van der Waals surface area (Å²) in [5.74, 6) is -1.53. The summed E-state index contributed by atoms with van der Waals surface area (Å²) in [6.07, 6.45) is 4.35. The van der Waals surface area contributed by atoms with Gasteiger partial charge in [0, 0.05) is 25.3 Å². The van der Waals surface area contributed by atoms with Crippen molar-refractivity contribution in [2.75, 3.05) is 19.6 Å². The first kappa shape index (κ1) is 15.4. The normalized spacial score (nSPS) is 16.6. The molecule has 1 fully saturated rings. The molecule has 0 saturated carbocycles. The molecule has 1 aromatic rings. The molecule has 1 aliphatic heterocycles. The second-order valence-corrected chi connectivity index (χ2v) is 5.29. The summed E-state index contributed by atoms with van der Waals surface area (Å²) >= 11 is 0. The molecule has 2 heterocycles. The molecule has 2 rings (SSSR count). The minimum atomic E-state index is -1.13. The van der Waals surface area contributed by atoms with Crippen LogP contribution in [-0.4, -0.2) is 52.5 Å². The average Bonchev–Trinajstić information content (AvgIpc) is 2.49. The Labute approximate surface area is 124 Å². The average molecular weight is 291 g/mol. The van der Waals surface area contributed by atoms with Crippen LogP contribution in [0.5, 0.6) is 0 Å². The fourth-order valence-electron chi connectivity index (χ4n) is 2.63. The number of pyridine rings is 1. The zero-order chi connectivity index (χ0) is 15.2. The summed E-state index contributed by atoms with van der Waals surface area (Å²) in [6.45, 7) is 5.17. The molecule has 0 aromatic carbocycles. The molecule has 0 spiro atoms. The number of carboxylic acids is 1. The van der Waals surface area contributed by atoms with Crippen molar-refractivity contribution in [1.29, 1.82) is 0 Å². The van der Waals surface area contributed by atoms with E-state index in [4.69, 9.17) is 5.11 Å². The predicted molar refractivity (Wildman–Crippen MR) is 78.4 cm³/mol. The van der Waals surface area contributed by atoms with Crippen LogP contribution in [0.25, 0.3) is 0 Å². The highest BCUT2D eigenvalue weighted by Crippen LogP contribution is 2.12. The number of rotatable bonds is 5. The van der Waals surface area contributed by atoms with Gasteiger partial charge in [0.1, 0.15) is 5.69 Å². The number of amides is 1. The van der Waals surface area contributed by atoms with Gasteiger partial charge in [0.15, 0.2) is 0 Å². The van der Waals surface area contributed by atoms with Crippen molar-refractivity contribution in [3.63, 3.8) is 0 Å². The Morgan fingerprint density at radius 2 is 2.14 bits per heavy atom. The third-order valence-electron chi connectivity index (χ3n) is 3.72. The van der Waals surface area contributed by atoms with Crippen LogP contribution in [0.4, 0.5) is 0 Å². The molecular weight excluding hydrogens is 270 g/mol. The lowest BCUT2D eigenvalue weighted by atomic mass is 10.0. The van der Waals surface area contributed by atoms with E-state index in [1.165, 1.54) is 18.3 Å². The van der Waals surface area contributed by atoms with Crippen molar-refractivity contribution in [2.24, 2.45) is 0 Å². The molecule has 0 atom stereocenters. The maximum atomic E-state index is 12.2. The summed E-state index contributed by atoms with van der Waals surface area (Å²) in [6, 6.07) is 3.01. The molecule has 21 heavy (non-hydrogen) atoms. The summed E-state index contributed by atoms with van der Waals surface area (Å²) in [4.78, 5) is 29.6. The Kier molecular flexibility index (Phi) is 5.27. The maximum absolute atomic E-state index is 12.2. The fraction of sp³-hybridized carbons (Fsp3) is 0.533. The van der Waals surface area contributed by atoms with Crippen LogP contribution in [0.1, 0.15) is 47.0 Å². The SMILES string of the molecule is CCCN1CCC(NC(=O)c2ncccc2C(=O)O)CC1. The number of likely N-dealkylation sites (tertiary alicyclic amines) is 1. The number of nitrogens with zero attached hydrogens (tertiary/aromatic N) is 2. The topological polar surface area (TPSA) is 82.5 Å². The van der Waals surface area contributed by atoms with Crippen molar-refractivity contribution < 1.29 is 14.7 Å². The van der Waals surface area contributed by atoms with Crippen LogP contribution >= 0.6 is 0 Å². The highest BCUT2D eigenvalue weighted by molar-refractivity contribution is 6.03. The van der Waals surface area contributed by atoms with Gasteiger partial charge < -0.3 is 15.3 Å². The van der Waals surface area contributed by atoms with E-state index in [1.54, 1.807) is 0 Å². The Morgan fingerprint density at radius 1 is 1.43 bits per heavy atom. The van der Waals surface area contributed by atoms with Crippen LogP contribution in [-0.2, 0) is 0 Å². The largest absolute Gasteiger partial charge is 0.478 e. The summed E-state index contributed by atoms with van der Waals surface area (Å²) in [5.41, 5.74) is -0.0700. The number of hydrogen-bond donors (Lipinski definition) is 2. The first-order chi connectivity index (χ1) is 10.1. The quantitative estimate of drug-likeness (QED) is 0.856. The second kappa shape index (κ2) is 7.17. The number of carbonyl (C=O) groups is 2. The monoisotopic (exact) mass is 291 g/mol. The number of piperidine rings is 1. The zero-order valence-corrected chi connectivity index (χ0v) is 12.2. The number of nitrogens with one attached hydrogen (secondary N) is 1. The second-order valence-electron chi connectivity index (χ2n) is 5.29. The number of hydrogen-bond acceptors (Lipinski definition) is 4. The predicted octanol–water partition coefficient (Wildman–Crippen LogP) is 1.38. The third-order valence-corrected chi connectivity index (χ3v) is 3.72. The molecular formula is C15H21N3O3. The van der Waals surface area contributed by atoms with E-state index in [-0.39, 0.29) is 17.3 Å². The van der Waals surface area contributed by atoms with E-state index >= 15 is 0 Å². The van der Waals surface area contributed by atoms with Crippen LogP contribution in [0.2, 0.25) is 0 Å². The fourth-order valence-corrected chi connectivity index (χ4v) is 2.63. The van der Waals surface area contributed by atoms with Gasteiger partial charge in [0.05, 0.1) is 5.56 Å². The van der Waals surface area contributed by atoms with E-state index in [9.17, 15) is 9.59 Å². The number of aromatic nitrogens is 1. The molecule has 2 N–H and O–H groups in total. The van der Waals surface area contributed by atoms with Crippen LogP contribution in [0.3, 0.4) is 0 Å². The van der Waals surface area contributed by atoms with Crippen molar-refractivity contribution in [3.8, 4) is 0 Å². The highest BCUT2D eigenvalue weighted by Gasteiger charge is 2.23. The first-order valence-electron chi connectivity index (χ1n) is 7.33. The van der Waals surface area contributed by atoms with Gasteiger partial charge >= 0.3 is 5.97 Å². The Balaban J connectivity index is 1.95. The first-order valence-corrected chi connectivity index (χ1v) is 7.33. The zero-order valence-electron chi connectivity index (χ0n) is 12.2. The maximum Gasteiger partial charge on any atom is 0.338 e. The smallest absolute Gasteiger partial charge is 0.338 e. The molecule has 1 aliphatic rings. The van der Waals surface area contributed by atoms with Crippen LogP contribution in [0.15, 0.2) is 18.3 Å². The van der Waals surface area contributed by atoms with Gasteiger partial charge in [0.25, 0.3) is 5.91 Å². The lowest BCUT2D eigenvalue weighted by Gasteiger charge is -2.32. The molecule has 1 amide bonds. The summed E-state index contributed by atoms with van der Waals surface area (Å²) in [5, 5.41) is 12.0. The number of carboxylic acid groups (broad SMARTS) is 1. The Morgan fingerprint density at radius 3 is 2.76 bits per heavy atom. The van der Waals surface area contributed by atoms with Crippen molar-refractivity contribution in [3.05, 3.63) is 29.6 Å². The Hall–Kier alpha value is -1.95. The lowest BCUT2D eigenvalue weighted by Crippen LogP contribution is -2.45. The lowest BCUT2D eigenvalue weighted by molar-refractivity contribution is 0.0688. The van der Waals surface area contributed by atoms with Crippen molar-refractivity contribution in [1.82, 2.24) is 15.2 Å². The summed E-state index contributed by atoms with van der Waals surface area (Å²) in [7, 11) is 0. The van der Waals surface area contributed by atoms with Gasteiger partial charge in [-0.15, -0.1) is 0 Å². The van der Waals surface area contributed by atoms with Gasteiger partial charge in [0.2, 0.25) is 0 Å². The molecule has 0 aliphatic carbocycles. The van der Waals surface area contributed by atoms with Gasteiger partial charge in [-0.1, -0.05) is 6.92 Å². The minimum absolute atomic E-state index is 0.0130. The van der Waals surface area contributed by atoms with E-state index in [2.05, 4.69) is 22.1 Å². The molecule has 1 aromatic heterocycles. The Bertz CT molecular complexity index is 511. The van der Waals surface area contributed by atoms with Gasteiger partial charge in [-0.25, -0.2) is 4.79 Å². The van der Waals surface area contributed by atoms with Crippen LogP contribution in [0, 0.1) is 0 Å². The molecule has 6 nitrogen and oxygen atoms in total. The van der Waals surface area contributed by atoms with Gasteiger partial charge in [-0.05, 0) is 37.9 Å². The van der Waals surface area contributed by atoms with E-state index in [1.807, 2.05) is 0 Å². The minimum Gasteiger partial charge on any atom is -0.478 e. The molecule has 114 valence electrons. The standard InChI is InChI=1S/C15H21N3O3/c1-2-8-18-9-5-11(6-10-18)17-14(19)13-12(15(20)21)4-3-7-16-13/h3-4,7,11H,2,5-6,8-10H2,1H3,(H,17,19)(H,20,21). The van der Waals surface area contributed by atoms with E-state index in [0.717, 1.165) is 38.9 Å². The number of carbonyl (C=O) groups excluding carboxylic acids is 1. The molecule has 0 unspecified atom stereocenters. The van der Waals surface area contributed by atoms with Crippen molar-refractivity contribution in [2.45, 2.75) is 32.2 Å². The molecule has 6 heteroatoms. The van der Waals surface area contributed by atoms with Crippen molar-refractivity contribution >= 4 is 11.9 Å². The van der Waals surface area contributed by atoms with Gasteiger partial charge in [-0.2, -0.15) is 0 Å². The highest BCUT2D eigenvalue weighted by atomic mass is 16.4. The van der Waals surface area contributed by atoms with E-state index in [0.29, 0.717) is 0 Å². The third kappa shape index (κ3) is 4.01. The molecule has 0 radical (unpaired) electrons. The van der Waals surface area contributed by atoms with E-state index < -0.39 is 11.9 Å². The van der Waals surface area contributed by atoms with Crippen LogP contribution < -0.4 is 5.32 Å². The summed E-state index contributed by atoms with van der Waals surface area (Å²) < 4.78 is 0.